The smallest absolute Gasteiger partial charge is 0.155 e. The maximum atomic E-state index is 11.0. The fourth-order valence-electron chi connectivity index (χ4n) is 1.60. The molecule has 2 atom stereocenters. The zero-order valence-corrected chi connectivity index (χ0v) is 7.04. The van der Waals surface area contributed by atoms with Crippen LogP contribution in [0.1, 0.15) is 6.42 Å². The SMILES string of the molecule is Cl.O=S1(=O)C[C@H]2C[C@@H]1CN2. The second kappa shape index (κ2) is 2.36. The normalized spacial score (nSPS) is 41.2. The molecule has 2 aliphatic heterocycles. The van der Waals surface area contributed by atoms with Crippen molar-refractivity contribution in [3.63, 3.8) is 0 Å². The Labute approximate surface area is 66.5 Å². The molecule has 2 aliphatic rings. The standard InChI is InChI=1S/C5H9NO2S.ClH/c7-9(8)3-4-1-5(9)2-6-4;/h4-6H,1-3H2;1H/t4-,5-;/m1./s1. The Hall–Kier alpha value is 0.200. The molecule has 2 bridgehead atoms. The maximum absolute atomic E-state index is 11.0. The second-order valence-electron chi connectivity index (χ2n) is 2.79. The van der Waals surface area contributed by atoms with E-state index in [1.54, 1.807) is 0 Å². The molecule has 0 unspecified atom stereocenters. The van der Waals surface area contributed by atoms with E-state index in [9.17, 15) is 8.42 Å². The van der Waals surface area contributed by atoms with E-state index in [1.807, 2.05) is 0 Å². The summed E-state index contributed by atoms with van der Waals surface area (Å²) in [6.07, 6.45) is 0.850. The predicted octanol–water partition coefficient (Wildman–Crippen LogP) is -0.433. The van der Waals surface area contributed by atoms with Crippen LogP contribution in [0, 0.1) is 0 Å². The van der Waals surface area contributed by atoms with Gasteiger partial charge in [-0.15, -0.1) is 12.4 Å². The van der Waals surface area contributed by atoms with Gasteiger partial charge in [0.25, 0.3) is 0 Å². The number of fused-ring (bicyclic) bond motifs is 2. The van der Waals surface area contributed by atoms with Crippen molar-refractivity contribution in [2.45, 2.75) is 17.7 Å². The molecular formula is C5H10ClNO2S. The number of sulfone groups is 1. The molecular weight excluding hydrogens is 174 g/mol. The zero-order chi connectivity index (χ0) is 6.48. The van der Waals surface area contributed by atoms with Crippen molar-refractivity contribution in [1.82, 2.24) is 5.32 Å². The van der Waals surface area contributed by atoms with Crippen LogP contribution in [-0.4, -0.2) is 32.0 Å². The van der Waals surface area contributed by atoms with Crippen LogP contribution < -0.4 is 5.32 Å². The fraction of sp³-hybridized carbons (Fsp3) is 1.00. The van der Waals surface area contributed by atoms with E-state index < -0.39 is 9.84 Å². The van der Waals surface area contributed by atoms with E-state index in [0.717, 1.165) is 6.42 Å². The van der Waals surface area contributed by atoms with Gasteiger partial charge < -0.3 is 5.32 Å². The zero-order valence-electron chi connectivity index (χ0n) is 5.41. The molecule has 2 saturated heterocycles. The summed E-state index contributed by atoms with van der Waals surface area (Å²) in [4.78, 5) is 0. The van der Waals surface area contributed by atoms with Crippen LogP contribution in [0.4, 0.5) is 0 Å². The highest BCUT2D eigenvalue weighted by atomic mass is 35.5. The first-order chi connectivity index (χ1) is 4.18. The van der Waals surface area contributed by atoms with Crippen LogP contribution in [-0.2, 0) is 9.84 Å². The van der Waals surface area contributed by atoms with Gasteiger partial charge in [-0.25, -0.2) is 8.42 Å². The molecule has 2 rings (SSSR count). The summed E-state index contributed by atoms with van der Waals surface area (Å²) in [6, 6.07) is 0.278. The van der Waals surface area contributed by atoms with Crippen molar-refractivity contribution >= 4 is 22.2 Å². The lowest BCUT2D eigenvalue weighted by Gasteiger charge is -2.10. The second-order valence-corrected chi connectivity index (χ2v) is 5.12. The van der Waals surface area contributed by atoms with Crippen molar-refractivity contribution in [2.75, 3.05) is 12.3 Å². The van der Waals surface area contributed by atoms with E-state index in [1.165, 1.54) is 0 Å². The minimum absolute atomic E-state index is 0. The van der Waals surface area contributed by atoms with Crippen molar-refractivity contribution < 1.29 is 8.42 Å². The summed E-state index contributed by atoms with van der Waals surface area (Å²) in [7, 11) is -2.65. The topological polar surface area (TPSA) is 46.2 Å². The molecule has 0 saturated carbocycles. The Bertz CT molecular complexity index is 226. The summed E-state index contributed by atoms with van der Waals surface area (Å²) in [5.41, 5.74) is 0. The largest absolute Gasteiger partial charge is 0.312 e. The highest BCUT2D eigenvalue weighted by Crippen LogP contribution is 2.25. The van der Waals surface area contributed by atoms with Gasteiger partial charge >= 0.3 is 0 Å². The van der Waals surface area contributed by atoms with Gasteiger partial charge in [0, 0.05) is 12.6 Å². The van der Waals surface area contributed by atoms with Crippen molar-refractivity contribution in [3.05, 3.63) is 0 Å². The maximum Gasteiger partial charge on any atom is 0.155 e. The van der Waals surface area contributed by atoms with Crippen molar-refractivity contribution in [3.8, 4) is 0 Å². The van der Waals surface area contributed by atoms with Crippen LogP contribution in [0.25, 0.3) is 0 Å². The van der Waals surface area contributed by atoms with Crippen LogP contribution in [0.3, 0.4) is 0 Å². The summed E-state index contributed by atoms with van der Waals surface area (Å²) in [6.45, 7) is 0.688. The average molecular weight is 184 g/mol. The Morgan fingerprint density at radius 3 is 2.30 bits per heavy atom. The van der Waals surface area contributed by atoms with Crippen LogP contribution in [0.5, 0.6) is 0 Å². The van der Waals surface area contributed by atoms with E-state index in [2.05, 4.69) is 5.32 Å². The molecule has 0 aromatic carbocycles. The molecule has 2 heterocycles. The van der Waals surface area contributed by atoms with Gasteiger partial charge in [0.15, 0.2) is 9.84 Å². The quantitative estimate of drug-likeness (QED) is 0.555. The Morgan fingerprint density at radius 2 is 2.10 bits per heavy atom. The Kier molecular flexibility index (Phi) is 1.96. The van der Waals surface area contributed by atoms with Crippen molar-refractivity contribution in [2.24, 2.45) is 0 Å². The lowest BCUT2D eigenvalue weighted by molar-refractivity contribution is 0.576. The number of nitrogens with one attached hydrogen (secondary N) is 1. The molecule has 0 spiro atoms. The third-order valence-electron chi connectivity index (χ3n) is 2.12. The molecule has 0 radical (unpaired) electrons. The number of hydrogen-bond acceptors (Lipinski definition) is 3. The molecule has 5 heteroatoms. The van der Waals surface area contributed by atoms with Gasteiger partial charge in [0.2, 0.25) is 0 Å². The summed E-state index contributed by atoms with van der Waals surface area (Å²) < 4.78 is 22.0. The first-order valence-electron chi connectivity index (χ1n) is 3.13. The first kappa shape index (κ1) is 8.30. The summed E-state index contributed by atoms with van der Waals surface area (Å²) in [5.74, 6) is 0.373. The molecule has 0 aromatic heterocycles. The van der Waals surface area contributed by atoms with Crippen LogP contribution >= 0.6 is 12.4 Å². The fourth-order valence-corrected chi connectivity index (χ4v) is 3.56. The summed E-state index contributed by atoms with van der Waals surface area (Å²) >= 11 is 0. The molecule has 1 N–H and O–H groups in total. The minimum Gasteiger partial charge on any atom is -0.312 e. The highest BCUT2D eigenvalue weighted by Gasteiger charge is 2.43. The number of halogens is 1. The van der Waals surface area contributed by atoms with Gasteiger partial charge in [-0.1, -0.05) is 0 Å². The third-order valence-corrected chi connectivity index (χ3v) is 4.36. The number of rotatable bonds is 0. The Balaban J connectivity index is 0.000000500. The molecule has 3 nitrogen and oxygen atoms in total. The van der Waals surface area contributed by atoms with Gasteiger partial charge in [0.05, 0.1) is 11.0 Å². The van der Waals surface area contributed by atoms with Crippen LogP contribution in [0.15, 0.2) is 0 Å². The van der Waals surface area contributed by atoms with Crippen molar-refractivity contribution in [1.29, 1.82) is 0 Å². The molecule has 0 amide bonds. The van der Waals surface area contributed by atoms with E-state index in [4.69, 9.17) is 0 Å². The molecule has 2 fully saturated rings. The van der Waals surface area contributed by atoms with E-state index in [-0.39, 0.29) is 23.7 Å². The van der Waals surface area contributed by atoms with E-state index in [0.29, 0.717) is 12.3 Å². The molecule has 60 valence electrons. The first-order valence-corrected chi connectivity index (χ1v) is 4.85. The predicted molar refractivity (Wildman–Crippen MR) is 41.2 cm³/mol. The molecule has 0 aromatic rings. The third kappa shape index (κ3) is 1.04. The van der Waals surface area contributed by atoms with Gasteiger partial charge in [-0.2, -0.15) is 0 Å². The monoisotopic (exact) mass is 183 g/mol. The lowest BCUT2D eigenvalue weighted by atomic mass is 10.3. The van der Waals surface area contributed by atoms with Gasteiger partial charge in [-0.05, 0) is 6.42 Å². The average Bonchev–Trinajstić information content (AvgIpc) is 2.19. The van der Waals surface area contributed by atoms with Gasteiger partial charge in [-0.3, -0.25) is 0 Å². The van der Waals surface area contributed by atoms with Crippen LogP contribution in [0.2, 0.25) is 0 Å². The lowest BCUT2D eigenvalue weighted by Crippen LogP contribution is -2.35. The highest BCUT2D eigenvalue weighted by molar-refractivity contribution is 7.92. The van der Waals surface area contributed by atoms with Gasteiger partial charge in [0.1, 0.15) is 0 Å². The molecule has 0 aliphatic carbocycles. The molecule has 10 heavy (non-hydrogen) atoms. The van der Waals surface area contributed by atoms with E-state index >= 15 is 0 Å². The minimum atomic E-state index is -2.65. The Morgan fingerprint density at radius 1 is 1.40 bits per heavy atom. The summed E-state index contributed by atoms with van der Waals surface area (Å²) in [5, 5.41) is 3.08. The number of hydrogen-bond donors (Lipinski definition) is 1.